The van der Waals surface area contributed by atoms with Gasteiger partial charge in [0.05, 0.1) is 0 Å². The van der Waals surface area contributed by atoms with Crippen LogP contribution in [0, 0.1) is 0 Å². The highest BCUT2D eigenvalue weighted by molar-refractivity contribution is 5.15. The summed E-state index contributed by atoms with van der Waals surface area (Å²) in [7, 11) is 0. The summed E-state index contributed by atoms with van der Waals surface area (Å²) < 4.78 is 0. The maximum absolute atomic E-state index is 3.71. The van der Waals surface area contributed by atoms with Crippen molar-refractivity contribution in [3.8, 4) is 0 Å². The Kier molecular flexibility index (Phi) is 5.00. The van der Waals surface area contributed by atoms with Crippen molar-refractivity contribution in [3.63, 3.8) is 0 Å². The summed E-state index contributed by atoms with van der Waals surface area (Å²) in [6.07, 6.45) is 3.61. The van der Waals surface area contributed by atoms with Crippen LogP contribution < -0.4 is 5.32 Å². The number of hydrogen-bond donors (Lipinski definition) is 1. The summed E-state index contributed by atoms with van der Waals surface area (Å²) in [4.78, 5) is 2.66. The molecule has 0 spiro atoms. The molecule has 1 fully saturated rings. The minimum Gasteiger partial charge on any atom is -0.310 e. The molecular formula is C17H28N2. The standard InChI is InChI=1S/C17H28N2/c1-4-17(3)14-19(12-8-11-18-17)15(2)13-16-9-6-5-7-10-16/h5-7,9-10,15,18H,4,8,11-14H2,1-3H3. The van der Waals surface area contributed by atoms with Gasteiger partial charge in [0.15, 0.2) is 0 Å². The van der Waals surface area contributed by atoms with E-state index in [1.54, 1.807) is 0 Å². The molecule has 1 N–H and O–H groups in total. The van der Waals surface area contributed by atoms with Crippen molar-refractivity contribution in [2.75, 3.05) is 19.6 Å². The van der Waals surface area contributed by atoms with Crippen molar-refractivity contribution in [3.05, 3.63) is 35.9 Å². The molecule has 1 heterocycles. The van der Waals surface area contributed by atoms with Crippen LogP contribution >= 0.6 is 0 Å². The van der Waals surface area contributed by atoms with E-state index in [1.165, 1.54) is 24.9 Å². The monoisotopic (exact) mass is 260 g/mol. The number of nitrogens with one attached hydrogen (secondary N) is 1. The van der Waals surface area contributed by atoms with Crippen molar-refractivity contribution in [1.29, 1.82) is 0 Å². The van der Waals surface area contributed by atoms with Gasteiger partial charge in [0.2, 0.25) is 0 Å². The fraction of sp³-hybridized carbons (Fsp3) is 0.647. The van der Waals surface area contributed by atoms with Crippen molar-refractivity contribution in [1.82, 2.24) is 10.2 Å². The Labute approximate surface area is 118 Å². The van der Waals surface area contributed by atoms with E-state index in [0.717, 1.165) is 19.5 Å². The molecule has 1 aliphatic heterocycles. The molecule has 1 aromatic carbocycles. The minimum absolute atomic E-state index is 0.279. The number of rotatable bonds is 4. The molecule has 106 valence electrons. The minimum atomic E-state index is 0.279. The first kappa shape index (κ1) is 14.5. The molecule has 2 heteroatoms. The van der Waals surface area contributed by atoms with Crippen molar-refractivity contribution >= 4 is 0 Å². The predicted molar refractivity (Wildman–Crippen MR) is 82.5 cm³/mol. The van der Waals surface area contributed by atoms with Gasteiger partial charge in [-0.3, -0.25) is 4.90 Å². The third-order valence-electron chi connectivity index (χ3n) is 4.50. The van der Waals surface area contributed by atoms with Crippen molar-refractivity contribution in [2.45, 2.75) is 51.6 Å². The second-order valence-electron chi connectivity index (χ2n) is 6.20. The second-order valence-corrected chi connectivity index (χ2v) is 6.20. The van der Waals surface area contributed by atoms with Gasteiger partial charge in [-0.2, -0.15) is 0 Å². The second kappa shape index (κ2) is 6.53. The van der Waals surface area contributed by atoms with Gasteiger partial charge in [-0.05, 0) is 51.8 Å². The lowest BCUT2D eigenvalue weighted by Crippen LogP contribution is -2.50. The quantitative estimate of drug-likeness (QED) is 0.895. The van der Waals surface area contributed by atoms with E-state index in [-0.39, 0.29) is 5.54 Å². The van der Waals surface area contributed by atoms with Crippen LogP contribution in [0.25, 0.3) is 0 Å². The van der Waals surface area contributed by atoms with Crippen LogP contribution in [0.5, 0.6) is 0 Å². The van der Waals surface area contributed by atoms with Crippen LogP contribution in [-0.2, 0) is 6.42 Å². The fourth-order valence-corrected chi connectivity index (χ4v) is 2.95. The Bertz CT molecular complexity index is 376. The maximum Gasteiger partial charge on any atom is 0.0277 e. The van der Waals surface area contributed by atoms with Crippen LogP contribution in [0.3, 0.4) is 0 Å². The first-order chi connectivity index (χ1) is 9.13. The van der Waals surface area contributed by atoms with Gasteiger partial charge >= 0.3 is 0 Å². The van der Waals surface area contributed by atoms with Gasteiger partial charge in [-0.1, -0.05) is 37.3 Å². The Morgan fingerprint density at radius 2 is 2.05 bits per heavy atom. The summed E-state index contributed by atoms with van der Waals surface area (Å²) in [5.41, 5.74) is 1.73. The van der Waals surface area contributed by atoms with E-state index in [4.69, 9.17) is 0 Å². The van der Waals surface area contributed by atoms with Crippen LogP contribution in [0.15, 0.2) is 30.3 Å². The number of benzene rings is 1. The molecule has 0 bridgehead atoms. The predicted octanol–water partition coefficient (Wildman–Crippen LogP) is 3.08. The van der Waals surface area contributed by atoms with Gasteiger partial charge in [0, 0.05) is 18.1 Å². The molecule has 0 amide bonds. The molecule has 0 aliphatic carbocycles. The van der Waals surface area contributed by atoms with Gasteiger partial charge in [-0.15, -0.1) is 0 Å². The molecule has 1 aliphatic rings. The highest BCUT2D eigenvalue weighted by Crippen LogP contribution is 2.18. The molecule has 1 aromatic rings. The zero-order chi connectivity index (χ0) is 13.7. The van der Waals surface area contributed by atoms with Gasteiger partial charge in [-0.25, -0.2) is 0 Å². The number of hydrogen-bond acceptors (Lipinski definition) is 2. The van der Waals surface area contributed by atoms with E-state index in [0.29, 0.717) is 6.04 Å². The summed E-state index contributed by atoms with van der Waals surface area (Å²) in [5.74, 6) is 0. The SMILES string of the molecule is CCC1(C)CN(C(C)Cc2ccccc2)CCCN1. The van der Waals surface area contributed by atoms with Crippen LogP contribution in [0.1, 0.15) is 39.2 Å². The topological polar surface area (TPSA) is 15.3 Å². The normalized spacial score (nSPS) is 26.9. The Balaban J connectivity index is 1.99. The lowest BCUT2D eigenvalue weighted by atomic mass is 9.97. The first-order valence-corrected chi connectivity index (χ1v) is 7.66. The van der Waals surface area contributed by atoms with Gasteiger partial charge in [0.25, 0.3) is 0 Å². The molecule has 2 atom stereocenters. The molecular weight excluding hydrogens is 232 g/mol. The maximum atomic E-state index is 3.71. The van der Waals surface area contributed by atoms with Gasteiger partial charge in [0.1, 0.15) is 0 Å². The van der Waals surface area contributed by atoms with Crippen molar-refractivity contribution in [2.24, 2.45) is 0 Å². The summed E-state index contributed by atoms with van der Waals surface area (Å²) in [6, 6.07) is 11.5. The van der Waals surface area contributed by atoms with E-state index >= 15 is 0 Å². The molecule has 0 saturated carbocycles. The van der Waals surface area contributed by atoms with Crippen LogP contribution in [-0.4, -0.2) is 36.1 Å². The average Bonchev–Trinajstić information content (AvgIpc) is 2.63. The molecule has 0 aromatic heterocycles. The highest BCUT2D eigenvalue weighted by Gasteiger charge is 2.29. The highest BCUT2D eigenvalue weighted by atomic mass is 15.2. The van der Waals surface area contributed by atoms with E-state index in [2.05, 4.69) is 61.3 Å². The molecule has 2 rings (SSSR count). The zero-order valence-electron chi connectivity index (χ0n) is 12.7. The smallest absolute Gasteiger partial charge is 0.0277 e. The largest absolute Gasteiger partial charge is 0.310 e. The third-order valence-corrected chi connectivity index (χ3v) is 4.50. The van der Waals surface area contributed by atoms with E-state index in [9.17, 15) is 0 Å². The summed E-state index contributed by atoms with van der Waals surface area (Å²) in [6.45, 7) is 10.6. The van der Waals surface area contributed by atoms with Crippen LogP contribution in [0.4, 0.5) is 0 Å². The lowest BCUT2D eigenvalue weighted by molar-refractivity contribution is 0.168. The molecule has 2 unspecified atom stereocenters. The van der Waals surface area contributed by atoms with E-state index in [1.807, 2.05) is 0 Å². The Morgan fingerprint density at radius 3 is 2.74 bits per heavy atom. The fourth-order valence-electron chi connectivity index (χ4n) is 2.95. The molecule has 19 heavy (non-hydrogen) atoms. The Hall–Kier alpha value is -0.860. The first-order valence-electron chi connectivity index (χ1n) is 7.66. The van der Waals surface area contributed by atoms with E-state index < -0.39 is 0 Å². The summed E-state index contributed by atoms with van der Waals surface area (Å²) >= 11 is 0. The lowest BCUT2D eigenvalue weighted by Gasteiger charge is -2.36. The van der Waals surface area contributed by atoms with Gasteiger partial charge < -0.3 is 5.32 Å². The molecule has 0 radical (unpaired) electrons. The van der Waals surface area contributed by atoms with Crippen LogP contribution in [0.2, 0.25) is 0 Å². The molecule has 1 saturated heterocycles. The third kappa shape index (κ3) is 4.05. The number of nitrogens with zero attached hydrogens (tertiary/aromatic N) is 1. The average molecular weight is 260 g/mol. The summed E-state index contributed by atoms with van der Waals surface area (Å²) in [5, 5.41) is 3.71. The van der Waals surface area contributed by atoms with Crippen molar-refractivity contribution < 1.29 is 0 Å². The zero-order valence-corrected chi connectivity index (χ0v) is 12.7. The Morgan fingerprint density at radius 1 is 1.32 bits per heavy atom. The molecule has 2 nitrogen and oxygen atoms in total.